The fourth-order valence-electron chi connectivity index (χ4n) is 1.39. The van der Waals surface area contributed by atoms with Crippen LogP contribution in [0.3, 0.4) is 0 Å². The molecule has 0 amide bonds. The first kappa shape index (κ1) is 9.18. The Hall–Kier alpha value is -1.39. The highest BCUT2D eigenvalue weighted by atomic mass is 19.4. The molecule has 0 N–H and O–H groups in total. The zero-order valence-electron chi connectivity index (χ0n) is 7.39. The van der Waals surface area contributed by atoms with Crippen LogP contribution in [0.1, 0.15) is 13.3 Å². The molecule has 0 aromatic heterocycles. The minimum atomic E-state index is -4.26. The largest absolute Gasteiger partial charge is 0.413 e. The van der Waals surface area contributed by atoms with Crippen LogP contribution >= 0.6 is 0 Å². The molecule has 5 heteroatoms. The van der Waals surface area contributed by atoms with Crippen LogP contribution in [-0.4, -0.2) is 17.7 Å². The lowest BCUT2D eigenvalue weighted by atomic mass is 10.0. The van der Waals surface area contributed by atoms with Crippen LogP contribution in [0, 0.1) is 0 Å². The van der Waals surface area contributed by atoms with Crippen LogP contribution in [0.2, 0.25) is 0 Å². The molecular formula is C9H7F3N2. The van der Waals surface area contributed by atoms with Crippen molar-refractivity contribution in [3.8, 4) is 0 Å². The predicted octanol–water partition coefficient (Wildman–Crippen LogP) is 2.64. The van der Waals surface area contributed by atoms with Gasteiger partial charge in [0, 0.05) is 12.0 Å². The zero-order valence-corrected chi connectivity index (χ0v) is 7.39. The number of amidine groups is 1. The summed E-state index contributed by atoms with van der Waals surface area (Å²) in [7, 11) is 0. The number of hydrogen-bond donors (Lipinski definition) is 0. The summed E-state index contributed by atoms with van der Waals surface area (Å²) in [6.07, 6.45) is -2.00. The van der Waals surface area contributed by atoms with Crippen LogP contribution in [0.5, 0.6) is 0 Å². The van der Waals surface area contributed by atoms with Gasteiger partial charge in [-0.2, -0.15) is 13.2 Å². The van der Waals surface area contributed by atoms with E-state index in [0.717, 1.165) is 6.08 Å². The second-order valence-electron chi connectivity index (χ2n) is 3.14. The van der Waals surface area contributed by atoms with E-state index in [4.69, 9.17) is 0 Å². The highest BCUT2D eigenvalue weighted by Gasteiger charge is 2.36. The van der Waals surface area contributed by atoms with E-state index in [1.165, 1.54) is 6.08 Å². The van der Waals surface area contributed by atoms with E-state index >= 15 is 0 Å². The van der Waals surface area contributed by atoms with E-state index in [1.54, 1.807) is 6.92 Å². The van der Waals surface area contributed by atoms with Crippen molar-refractivity contribution in [1.29, 1.82) is 0 Å². The first-order valence-corrected chi connectivity index (χ1v) is 4.08. The Balaban J connectivity index is 2.31. The molecule has 1 aliphatic carbocycles. The maximum absolute atomic E-state index is 12.3. The van der Waals surface area contributed by atoms with Crippen LogP contribution in [-0.2, 0) is 0 Å². The molecule has 0 radical (unpaired) electrons. The van der Waals surface area contributed by atoms with Gasteiger partial charge in [-0.05, 0) is 13.0 Å². The van der Waals surface area contributed by atoms with Gasteiger partial charge in [-0.1, -0.05) is 6.08 Å². The molecule has 0 bridgehead atoms. The van der Waals surface area contributed by atoms with Crippen molar-refractivity contribution >= 4 is 11.5 Å². The van der Waals surface area contributed by atoms with Crippen LogP contribution in [0.4, 0.5) is 13.2 Å². The second kappa shape index (κ2) is 2.80. The van der Waals surface area contributed by atoms with Gasteiger partial charge >= 0.3 is 6.18 Å². The molecule has 2 nitrogen and oxygen atoms in total. The predicted molar refractivity (Wildman–Crippen MR) is 47.4 cm³/mol. The Morgan fingerprint density at radius 2 is 1.93 bits per heavy atom. The van der Waals surface area contributed by atoms with Crippen LogP contribution < -0.4 is 0 Å². The number of rotatable bonds is 0. The van der Waals surface area contributed by atoms with Gasteiger partial charge in [-0.3, -0.25) is 0 Å². The first-order chi connectivity index (χ1) is 6.47. The number of nitrogens with zero attached hydrogens (tertiary/aromatic N) is 2. The summed E-state index contributed by atoms with van der Waals surface area (Å²) in [4.78, 5) is 7.92. The molecule has 2 aliphatic rings. The summed E-state index contributed by atoms with van der Waals surface area (Å²) in [6.45, 7) is 1.67. The fourth-order valence-corrected chi connectivity index (χ4v) is 1.39. The lowest BCUT2D eigenvalue weighted by Gasteiger charge is -2.14. The molecule has 74 valence electrons. The van der Waals surface area contributed by atoms with E-state index in [-0.39, 0.29) is 6.42 Å². The third-order valence-corrected chi connectivity index (χ3v) is 2.04. The normalized spacial score (nSPS) is 20.9. The molecule has 0 spiro atoms. The maximum atomic E-state index is 12.3. The molecule has 0 unspecified atom stereocenters. The molecule has 0 fully saturated rings. The minimum Gasteiger partial charge on any atom is -0.236 e. The smallest absolute Gasteiger partial charge is 0.236 e. The van der Waals surface area contributed by atoms with E-state index < -0.39 is 11.7 Å². The Bertz CT molecular complexity index is 397. The highest BCUT2D eigenvalue weighted by molar-refractivity contribution is 6.14. The van der Waals surface area contributed by atoms with Gasteiger partial charge in [-0.15, -0.1) is 0 Å². The van der Waals surface area contributed by atoms with Gasteiger partial charge in [0.05, 0.1) is 11.4 Å². The lowest BCUT2D eigenvalue weighted by molar-refractivity contribution is -0.0925. The Morgan fingerprint density at radius 1 is 1.21 bits per heavy atom. The van der Waals surface area contributed by atoms with E-state index in [0.29, 0.717) is 17.2 Å². The summed E-state index contributed by atoms with van der Waals surface area (Å²) in [6, 6.07) is 0. The van der Waals surface area contributed by atoms with Crippen molar-refractivity contribution in [1.82, 2.24) is 0 Å². The molecule has 0 saturated heterocycles. The van der Waals surface area contributed by atoms with Gasteiger partial charge in [0.15, 0.2) is 0 Å². The summed E-state index contributed by atoms with van der Waals surface area (Å²) < 4.78 is 36.9. The van der Waals surface area contributed by atoms with Crippen LogP contribution in [0.25, 0.3) is 0 Å². The number of allylic oxidation sites excluding steroid dienone is 4. The Kier molecular flexibility index (Phi) is 1.83. The van der Waals surface area contributed by atoms with E-state index in [1.807, 2.05) is 0 Å². The number of alkyl halides is 3. The van der Waals surface area contributed by atoms with Gasteiger partial charge in [0.25, 0.3) is 0 Å². The standard InChI is InChI=1S/C9H7F3N2/c1-5-13-7-3-2-6(9(10,11)12)4-8(7)14-5/h2-3H,4H2,1H3. The van der Waals surface area contributed by atoms with Crippen molar-refractivity contribution in [2.45, 2.75) is 19.5 Å². The molecule has 2 rings (SSSR count). The Labute approximate surface area is 78.6 Å². The topological polar surface area (TPSA) is 24.7 Å². The zero-order chi connectivity index (χ0) is 10.3. The van der Waals surface area contributed by atoms with Gasteiger partial charge in [-0.25, -0.2) is 9.98 Å². The highest BCUT2D eigenvalue weighted by Crippen LogP contribution is 2.33. The Morgan fingerprint density at radius 3 is 2.57 bits per heavy atom. The quantitative estimate of drug-likeness (QED) is 0.574. The number of halogens is 3. The SMILES string of the molecule is CC1=NC2=CC=C(C(F)(F)F)CC2=N1. The van der Waals surface area contributed by atoms with Crippen molar-refractivity contribution in [3.05, 3.63) is 23.4 Å². The summed E-state index contributed by atoms with van der Waals surface area (Å²) in [5, 5.41) is 0. The molecule has 1 heterocycles. The number of aliphatic imine (C=N–C) groups is 2. The van der Waals surface area contributed by atoms with E-state index in [2.05, 4.69) is 9.98 Å². The number of fused-ring (bicyclic) bond motifs is 1. The van der Waals surface area contributed by atoms with Crippen molar-refractivity contribution in [3.63, 3.8) is 0 Å². The van der Waals surface area contributed by atoms with Crippen molar-refractivity contribution < 1.29 is 13.2 Å². The first-order valence-electron chi connectivity index (χ1n) is 4.08. The third-order valence-electron chi connectivity index (χ3n) is 2.04. The molecular weight excluding hydrogens is 193 g/mol. The summed E-state index contributed by atoms with van der Waals surface area (Å²) in [5.74, 6) is 0.517. The van der Waals surface area contributed by atoms with Crippen LogP contribution in [0.15, 0.2) is 33.4 Å². The monoisotopic (exact) mass is 200 g/mol. The molecule has 14 heavy (non-hydrogen) atoms. The van der Waals surface area contributed by atoms with E-state index in [9.17, 15) is 13.2 Å². The van der Waals surface area contributed by atoms with Gasteiger partial charge in [0.2, 0.25) is 0 Å². The fraction of sp³-hybridized carbons (Fsp3) is 0.333. The van der Waals surface area contributed by atoms with Gasteiger partial charge in [0.1, 0.15) is 5.84 Å². The van der Waals surface area contributed by atoms with Crippen molar-refractivity contribution in [2.24, 2.45) is 9.98 Å². The summed E-state index contributed by atoms with van der Waals surface area (Å²) >= 11 is 0. The van der Waals surface area contributed by atoms with Gasteiger partial charge < -0.3 is 0 Å². The average molecular weight is 200 g/mol. The number of hydrogen-bond acceptors (Lipinski definition) is 2. The average Bonchev–Trinajstić information content (AvgIpc) is 2.41. The molecule has 0 aromatic rings. The maximum Gasteiger partial charge on any atom is 0.413 e. The molecule has 0 atom stereocenters. The molecule has 0 aromatic carbocycles. The second-order valence-corrected chi connectivity index (χ2v) is 3.14. The van der Waals surface area contributed by atoms with Crippen molar-refractivity contribution in [2.75, 3.05) is 0 Å². The molecule has 0 saturated carbocycles. The summed E-state index contributed by atoms with van der Waals surface area (Å²) in [5.41, 5.74) is 0.401. The minimum absolute atomic E-state index is 0.170. The molecule has 1 aliphatic heterocycles. The third kappa shape index (κ3) is 1.49. The lowest BCUT2D eigenvalue weighted by Crippen LogP contribution is -2.17.